The zero-order valence-electron chi connectivity index (χ0n) is 15.7. The van der Waals surface area contributed by atoms with E-state index in [0.29, 0.717) is 4.90 Å². The number of nitrogens with one attached hydrogen (secondary N) is 1. The number of ether oxygens (including phenoxy) is 1. The number of morpholine rings is 1. The number of primary amides is 1. The van der Waals surface area contributed by atoms with Crippen LogP contribution < -0.4 is 16.0 Å². The number of rotatable bonds is 7. The maximum Gasteiger partial charge on any atom is 0.401 e. The van der Waals surface area contributed by atoms with Crippen molar-refractivity contribution in [1.29, 1.82) is 0 Å². The number of amides is 3. The molecule has 0 aliphatic carbocycles. The summed E-state index contributed by atoms with van der Waals surface area (Å²) in [4.78, 5) is 37.3. The van der Waals surface area contributed by atoms with Crippen LogP contribution in [-0.4, -0.2) is 68.2 Å². The van der Waals surface area contributed by atoms with Gasteiger partial charge in [-0.3, -0.25) is 19.3 Å². The first-order chi connectivity index (χ1) is 13.9. The van der Waals surface area contributed by atoms with E-state index in [1.54, 1.807) is 0 Å². The molecule has 1 aromatic rings. The van der Waals surface area contributed by atoms with Crippen LogP contribution in [0.3, 0.4) is 0 Å². The second kappa shape index (κ2) is 9.34. The molecule has 1 atom stereocenters. The number of anilines is 2. The Kier molecular flexibility index (Phi) is 7.31. The minimum Gasteiger partial charge on any atom is -0.370 e. The van der Waals surface area contributed by atoms with Crippen LogP contribution in [0.2, 0.25) is 0 Å². The molecule has 3 N–H and O–H groups in total. The molecule has 0 aromatic heterocycles. The van der Waals surface area contributed by atoms with Crippen molar-refractivity contribution >= 4 is 29.1 Å². The third-order valence-corrected chi connectivity index (χ3v) is 4.21. The number of nitrogens with two attached hydrogens (primary N) is 1. The largest absolute Gasteiger partial charge is 0.401 e. The summed E-state index contributed by atoms with van der Waals surface area (Å²) in [6, 6.07) is 1.28. The van der Waals surface area contributed by atoms with E-state index < -0.39 is 54.2 Å². The van der Waals surface area contributed by atoms with Gasteiger partial charge in [0.15, 0.2) is 6.04 Å². The van der Waals surface area contributed by atoms with E-state index in [2.05, 4.69) is 0 Å². The molecule has 1 fully saturated rings. The van der Waals surface area contributed by atoms with Crippen LogP contribution in [0.15, 0.2) is 18.2 Å². The van der Waals surface area contributed by atoms with Crippen LogP contribution in [0.1, 0.15) is 12.0 Å². The average Bonchev–Trinajstić information content (AvgIpc) is 2.60. The number of halogens is 5. The predicted octanol–water partition coefficient (Wildman–Crippen LogP) is 1.27. The predicted molar refractivity (Wildman–Crippen MR) is 94.9 cm³/mol. The number of hydrogen-bond acceptors (Lipinski definition) is 5. The summed E-state index contributed by atoms with van der Waals surface area (Å²) in [5.41, 5.74) is 4.07. The van der Waals surface area contributed by atoms with E-state index in [1.165, 1.54) is 11.0 Å². The lowest BCUT2D eigenvalue weighted by Gasteiger charge is -2.28. The van der Waals surface area contributed by atoms with Crippen LogP contribution in [0.5, 0.6) is 0 Å². The van der Waals surface area contributed by atoms with Gasteiger partial charge in [0.1, 0.15) is 6.61 Å². The van der Waals surface area contributed by atoms with Gasteiger partial charge >= 0.3 is 6.18 Å². The van der Waals surface area contributed by atoms with E-state index in [4.69, 9.17) is 10.5 Å². The summed E-state index contributed by atoms with van der Waals surface area (Å²) >= 11 is 0. The average molecular weight is 438 g/mol. The van der Waals surface area contributed by atoms with Crippen LogP contribution in [-0.2, 0) is 19.1 Å². The number of likely N-dealkylation sites (N-methyl/N-ethyl adjacent to an activating group) is 1. The Morgan fingerprint density at radius 2 is 2.00 bits per heavy atom. The lowest BCUT2D eigenvalue weighted by Crippen LogP contribution is -2.52. The third kappa shape index (κ3) is 5.86. The summed E-state index contributed by atoms with van der Waals surface area (Å²) in [7, 11) is 0.851. The number of carbonyl (C=O) groups excluding carboxylic acids is 3. The first-order valence-corrected chi connectivity index (χ1v) is 8.58. The summed E-state index contributed by atoms with van der Waals surface area (Å²) in [5, 5.41) is 2.02. The quantitative estimate of drug-likeness (QED) is 0.493. The van der Waals surface area contributed by atoms with Crippen molar-refractivity contribution in [3.05, 3.63) is 23.8 Å². The van der Waals surface area contributed by atoms with Gasteiger partial charge in [-0.1, -0.05) is 0 Å². The molecule has 1 saturated heterocycles. The fourth-order valence-electron chi connectivity index (χ4n) is 2.93. The minimum absolute atomic E-state index is 0.136. The van der Waals surface area contributed by atoms with Crippen molar-refractivity contribution in [3.63, 3.8) is 0 Å². The van der Waals surface area contributed by atoms with Crippen molar-refractivity contribution < 1.29 is 41.1 Å². The molecule has 1 heterocycles. The maximum absolute atomic E-state index is 13.5. The van der Waals surface area contributed by atoms with Crippen molar-refractivity contribution in [1.82, 2.24) is 4.90 Å². The molecule has 3 amide bonds. The second-order valence-electron chi connectivity index (χ2n) is 6.49. The van der Waals surface area contributed by atoms with Crippen LogP contribution in [0.4, 0.5) is 33.3 Å². The van der Waals surface area contributed by atoms with E-state index in [1.807, 2.05) is 5.32 Å². The zero-order valence-corrected chi connectivity index (χ0v) is 15.7. The molecule has 0 bridgehead atoms. The molecule has 0 radical (unpaired) electrons. The molecule has 0 unspecified atom stereocenters. The molecule has 30 heavy (non-hydrogen) atoms. The molecule has 2 rings (SSSR count). The molecule has 8 nitrogen and oxygen atoms in total. The first-order valence-electron chi connectivity index (χ1n) is 8.58. The highest BCUT2D eigenvalue weighted by molar-refractivity contribution is 6.10. The lowest BCUT2D eigenvalue weighted by molar-refractivity contribution is -0.154. The standard InChI is InChI=1S/C17H19F5N4O4/c1-25(8-17(20,21)22)13(15(23)28)16(29)24-11-3-2-9(6-10(11)14(18)19)26-4-5-30-7-12(26)27/h2-3,6,13-14H,4-5,7-8H2,1H3,(H2,23,28)(H,24,29)/t13-/m1/s1. The summed E-state index contributed by atoms with van der Waals surface area (Å²) in [5.74, 6) is -3.12. The molecule has 1 aromatic carbocycles. The van der Waals surface area contributed by atoms with E-state index >= 15 is 0 Å². The van der Waals surface area contributed by atoms with Gasteiger partial charge in [-0.05, 0) is 25.2 Å². The molecule has 1 aliphatic heterocycles. The van der Waals surface area contributed by atoms with Crippen molar-refractivity contribution in [2.45, 2.75) is 18.6 Å². The van der Waals surface area contributed by atoms with Gasteiger partial charge in [-0.25, -0.2) is 8.78 Å². The number of nitrogens with zero attached hydrogens (tertiary/aromatic N) is 2. The van der Waals surface area contributed by atoms with Gasteiger partial charge in [0.25, 0.3) is 18.2 Å². The molecule has 1 aliphatic rings. The smallest absolute Gasteiger partial charge is 0.370 e. The fraction of sp³-hybridized carbons (Fsp3) is 0.471. The molecule has 13 heteroatoms. The van der Waals surface area contributed by atoms with E-state index in [9.17, 15) is 36.3 Å². The highest BCUT2D eigenvalue weighted by Crippen LogP contribution is 2.32. The molecule has 0 spiro atoms. The maximum atomic E-state index is 13.5. The molecular formula is C17H19F5N4O4. The summed E-state index contributed by atoms with van der Waals surface area (Å²) in [6.07, 6.45) is -7.81. The van der Waals surface area contributed by atoms with E-state index in [0.717, 1.165) is 19.2 Å². The summed E-state index contributed by atoms with van der Waals surface area (Å²) < 4.78 is 69.8. The second-order valence-corrected chi connectivity index (χ2v) is 6.49. The monoisotopic (exact) mass is 438 g/mol. The Balaban J connectivity index is 2.28. The van der Waals surface area contributed by atoms with E-state index in [-0.39, 0.29) is 25.4 Å². The minimum atomic E-state index is -4.72. The van der Waals surface area contributed by atoms with Gasteiger partial charge in [0, 0.05) is 23.5 Å². The Bertz CT molecular complexity index is 818. The van der Waals surface area contributed by atoms with Crippen LogP contribution in [0.25, 0.3) is 0 Å². The summed E-state index contributed by atoms with van der Waals surface area (Å²) in [6.45, 7) is -1.48. The zero-order chi connectivity index (χ0) is 22.6. The molecule has 0 saturated carbocycles. The number of benzene rings is 1. The Morgan fingerprint density at radius 1 is 1.33 bits per heavy atom. The Morgan fingerprint density at radius 3 is 2.53 bits per heavy atom. The Hall–Kier alpha value is -2.80. The number of carbonyl (C=O) groups is 3. The van der Waals surface area contributed by atoms with Gasteiger partial charge in [0.05, 0.1) is 13.2 Å². The van der Waals surface area contributed by atoms with Gasteiger partial charge in [0.2, 0.25) is 5.91 Å². The SMILES string of the molecule is CN(CC(F)(F)F)[C@H](C(N)=O)C(=O)Nc1ccc(N2CCOCC2=O)cc1C(F)F. The van der Waals surface area contributed by atoms with Gasteiger partial charge < -0.3 is 20.7 Å². The number of alkyl halides is 5. The number of hydrogen-bond donors (Lipinski definition) is 2. The van der Waals surface area contributed by atoms with Gasteiger partial charge in [-0.2, -0.15) is 13.2 Å². The normalized spacial score (nSPS) is 16.1. The highest BCUT2D eigenvalue weighted by Gasteiger charge is 2.37. The van der Waals surface area contributed by atoms with Crippen LogP contribution >= 0.6 is 0 Å². The Labute approximate surface area is 167 Å². The van der Waals surface area contributed by atoms with Crippen molar-refractivity contribution in [3.8, 4) is 0 Å². The van der Waals surface area contributed by atoms with Crippen LogP contribution in [0, 0.1) is 0 Å². The van der Waals surface area contributed by atoms with Crippen molar-refractivity contribution in [2.24, 2.45) is 5.73 Å². The third-order valence-electron chi connectivity index (χ3n) is 4.21. The topological polar surface area (TPSA) is 105 Å². The first kappa shape index (κ1) is 23.5. The molecule has 166 valence electrons. The molecular weight excluding hydrogens is 419 g/mol. The highest BCUT2D eigenvalue weighted by atomic mass is 19.4. The van der Waals surface area contributed by atoms with Gasteiger partial charge in [-0.15, -0.1) is 0 Å². The lowest BCUT2D eigenvalue weighted by atomic mass is 10.1. The fourth-order valence-corrected chi connectivity index (χ4v) is 2.93. The van der Waals surface area contributed by atoms with Crippen molar-refractivity contribution in [2.75, 3.05) is 43.6 Å².